The second-order valence-electron chi connectivity index (χ2n) is 6.21. The van der Waals surface area contributed by atoms with E-state index in [1.165, 1.54) is 6.07 Å². The van der Waals surface area contributed by atoms with Gasteiger partial charge in [-0.1, -0.05) is 45.4 Å². The van der Waals surface area contributed by atoms with E-state index in [4.69, 9.17) is 4.52 Å². The first-order valence-electron chi connectivity index (χ1n) is 8.30. The van der Waals surface area contributed by atoms with Gasteiger partial charge in [0.15, 0.2) is 5.76 Å². The molecule has 0 unspecified atom stereocenters. The van der Waals surface area contributed by atoms with Crippen LogP contribution in [0.5, 0.6) is 0 Å². The number of para-hydroxylation sites is 1. The number of nitrogens with zero attached hydrogens (tertiary/aromatic N) is 3. The SMILES string of the molecule is O=C1c2c(-c3ccccc3[N+](=O)[O-])noc2CCN1Cc1ccc(Br)cc1. The van der Waals surface area contributed by atoms with Crippen LogP contribution in [0.2, 0.25) is 0 Å². The summed E-state index contributed by atoms with van der Waals surface area (Å²) < 4.78 is 6.30. The van der Waals surface area contributed by atoms with Crippen molar-refractivity contribution in [2.24, 2.45) is 0 Å². The van der Waals surface area contributed by atoms with Gasteiger partial charge in [-0.15, -0.1) is 0 Å². The average Bonchev–Trinajstić information content (AvgIpc) is 3.10. The molecule has 0 bridgehead atoms. The summed E-state index contributed by atoms with van der Waals surface area (Å²) in [5.41, 5.74) is 1.71. The fourth-order valence-corrected chi connectivity index (χ4v) is 3.45. The molecule has 27 heavy (non-hydrogen) atoms. The highest BCUT2D eigenvalue weighted by molar-refractivity contribution is 9.10. The molecule has 1 aromatic heterocycles. The van der Waals surface area contributed by atoms with Gasteiger partial charge in [0.2, 0.25) is 0 Å². The van der Waals surface area contributed by atoms with Gasteiger partial charge < -0.3 is 9.42 Å². The van der Waals surface area contributed by atoms with Crippen molar-refractivity contribution in [3.8, 4) is 11.3 Å². The van der Waals surface area contributed by atoms with Gasteiger partial charge >= 0.3 is 0 Å². The van der Waals surface area contributed by atoms with E-state index >= 15 is 0 Å². The van der Waals surface area contributed by atoms with E-state index in [0.717, 1.165) is 10.0 Å². The molecular formula is C19H14BrN3O4. The first-order chi connectivity index (χ1) is 13.0. The van der Waals surface area contributed by atoms with Gasteiger partial charge in [0.05, 0.1) is 10.5 Å². The summed E-state index contributed by atoms with van der Waals surface area (Å²) in [4.78, 5) is 25.6. The molecule has 3 aromatic rings. The molecule has 4 rings (SSSR count). The molecule has 7 nitrogen and oxygen atoms in total. The molecule has 0 fully saturated rings. The highest BCUT2D eigenvalue weighted by Gasteiger charge is 2.34. The normalized spacial score (nSPS) is 13.5. The average molecular weight is 428 g/mol. The zero-order chi connectivity index (χ0) is 19.0. The lowest BCUT2D eigenvalue weighted by Crippen LogP contribution is -2.36. The first-order valence-corrected chi connectivity index (χ1v) is 9.10. The molecule has 0 atom stereocenters. The summed E-state index contributed by atoms with van der Waals surface area (Å²) in [5.74, 6) is 0.244. The molecule has 2 heterocycles. The third-order valence-corrected chi connectivity index (χ3v) is 5.04. The summed E-state index contributed by atoms with van der Waals surface area (Å²) in [6, 6.07) is 14.0. The predicted octanol–water partition coefficient (Wildman–Crippen LogP) is 4.21. The Morgan fingerprint density at radius 2 is 1.93 bits per heavy atom. The van der Waals surface area contributed by atoms with Crippen molar-refractivity contribution in [1.82, 2.24) is 10.1 Å². The summed E-state index contributed by atoms with van der Waals surface area (Å²) in [5, 5.41) is 15.3. The Morgan fingerprint density at radius 1 is 1.19 bits per heavy atom. The van der Waals surface area contributed by atoms with Crippen molar-refractivity contribution in [2.75, 3.05) is 6.54 Å². The third-order valence-electron chi connectivity index (χ3n) is 4.52. The number of benzene rings is 2. The van der Waals surface area contributed by atoms with Gasteiger partial charge in [0.1, 0.15) is 11.3 Å². The Morgan fingerprint density at radius 3 is 2.67 bits per heavy atom. The van der Waals surface area contributed by atoms with Gasteiger partial charge in [-0.25, -0.2) is 0 Å². The Bertz CT molecular complexity index is 1030. The van der Waals surface area contributed by atoms with Gasteiger partial charge in [0.25, 0.3) is 11.6 Å². The molecule has 0 saturated carbocycles. The lowest BCUT2D eigenvalue weighted by atomic mass is 9.99. The minimum Gasteiger partial charge on any atom is -0.360 e. The maximum Gasteiger partial charge on any atom is 0.278 e. The van der Waals surface area contributed by atoms with Crippen LogP contribution in [-0.2, 0) is 13.0 Å². The van der Waals surface area contributed by atoms with Crippen molar-refractivity contribution in [1.29, 1.82) is 0 Å². The van der Waals surface area contributed by atoms with Gasteiger partial charge in [-0.2, -0.15) is 0 Å². The lowest BCUT2D eigenvalue weighted by Gasteiger charge is -2.26. The van der Waals surface area contributed by atoms with E-state index in [1.807, 2.05) is 24.3 Å². The maximum absolute atomic E-state index is 13.1. The Hall–Kier alpha value is -3.00. The van der Waals surface area contributed by atoms with E-state index in [2.05, 4.69) is 21.1 Å². The summed E-state index contributed by atoms with van der Waals surface area (Å²) >= 11 is 3.40. The first kappa shape index (κ1) is 17.4. The van der Waals surface area contributed by atoms with Crippen LogP contribution in [0, 0.1) is 10.1 Å². The highest BCUT2D eigenvalue weighted by Crippen LogP contribution is 2.35. The monoisotopic (exact) mass is 427 g/mol. The van der Waals surface area contributed by atoms with Crippen LogP contribution in [0.25, 0.3) is 11.3 Å². The number of hydrogen-bond donors (Lipinski definition) is 0. The smallest absolute Gasteiger partial charge is 0.278 e. The minimum atomic E-state index is -0.483. The van der Waals surface area contributed by atoms with Crippen LogP contribution in [0.4, 0.5) is 5.69 Å². The van der Waals surface area contributed by atoms with Crippen LogP contribution >= 0.6 is 15.9 Å². The summed E-state index contributed by atoms with van der Waals surface area (Å²) in [7, 11) is 0. The molecule has 1 aliphatic heterocycles. The highest BCUT2D eigenvalue weighted by atomic mass is 79.9. The number of hydrogen-bond acceptors (Lipinski definition) is 5. The molecule has 0 saturated heterocycles. The molecule has 1 amide bonds. The number of fused-ring (bicyclic) bond motifs is 1. The van der Waals surface area contributed by atoms with E-state index in [0.29, 0.717) is 30.8 Å². The zero-order valence-electron chi connectivity index (χ0n) is 14.1. The van der Waals surface area contributed by atoms with Crippen LogP contribution in [0.1, 0.15) is 21.7 Å². The molecule has 0 spiro atoms. The van der Waals surface area contributed by atoms with Crippen LogP contribution < -0.4 is 0 Å². The molecule has 0 aliphatic carbocycles. The van der Waals surface area contributed by atoms with E-state index in [9.17, 15) is 14.9 Å². The van der Waals surface area contributed by atoms with Crippen molar-refractivity contribution in [2.45, 2.75) is 13.0 Å². The summed E-state index contributed by atoms with van der Waals surface area (Å²) in [6.45, 7) is 0.959. The third kappa shape index (κ3) is 3.23. The molecule has 0 radical (unpaired) electrons. The van der Waals surface area contributed by atoms with Crippen LogP contribution in [-0.4, -0.2) is 27.4 Å². The lowest BCUT2D eigenvalue weighted by molar-refractivity contribution is -0.384. The number of nitro benzene ring substituents is 1. The number of aromatic nitrogens is 1. The second-order valence-corrected chi connectivity index (χ2v) is 7.12. The maximum atomic E-state index is 13.1. The van der Waals surface area contributed by atoms with E-state index < -0.39 is 4.92 Å². The fourth-order valence-electron chi connectivity index (χ4n) is 3.19. The summed E-state index contributed by atoms with van der Waals surface area (Å²) in [6.07, 6.45) is 0.519. The number of nitro groups is 1. The number of carbonyl (C=O) groups is 1. The number of carbonyl (C=O) groups excluding carboxylic acids is 1. The molecule has 1 aliphatic rings. The Kier molecular flexibility index (Phi) is 4.49. The van der Waals surface area contributed by atoms with Crippen molar-refractivity contribution in [3.05, 3.63) is 80.0 Å². The van der Waals surface area contributed by atoms with Crippen molar-refractivity contribution < 1.29 is 14.2 Å². The standard InChI is InChI=1S/C19H14BrN3O4/c20-13-7-5-12(6-8-13)11-22-10-9-16-17(19(22)24)18(21-27-16)14-3-1-2-4-15(14)23(25)26/h1-8H,9-11H2. The number of amides is 1. The zero-order valence-corrected chi connectivity index (χ0v) is 15.7. The second kappa shape index (κ2) is 6.96. The molecule has 2 aromatic carbocycles. The molecule has 136 valence electrons. The molecule has 8 heteroatoms. The fraction of sp³-hybridized carbons (Fsp3) is 0.158. The quantitative estimate of drug-likeness (QED) is 0.459. The van der Waals surface area contributed by atoms with Gasteiger partial charge in [0, 0.05) is 30.0 Å². The number of rotatable bonds is 4. The van der Waals surface area contributed by atoms with Gasteiger partial charge in [-0.3, -0.25) is 14.9 Å². The Balaban J connectivity index is 1.70. The largest absolute Gasteiger partial charge is 0.360 e. The molecular weight excluding hydrogens is 414 g/mol. The minimum absolute atomic E-state index is 0.105. The topological polar surface area (TPSA) is 89.5 Å². The Labute approximate surface area is 162 Å². The van der Waals surface area contributed by atoms with Gasteiger partial charge in [-0.05, 0) is 23.8 Å². The van der Waals surface area contributed by atoms with E-state index in [1.54, 1.807) is 23.1 Å². The van der Waals surface area contributed by atoms with Crippen molar-refractivity contribution in [3.63, 3.8) is 0 Å². The number of halogens is 1. The van der Waals surface area contributed by atoms with Crippen LogP contribution in [0.3, 0.4) is 0 Å². The van der Waals surface area contributed by atoms with Crippen LogP contribution in [0.15, 0.2) is 57.5 Å². The molecule has 0 N–H and O–H groups in total. The van der Waals surface area contributed by atoms with E-state index in [-0.39, 0.29) is 22.9 Å². The van der Waals surface area contributed by atoms with Crippen molar-refractivity contribution >= 4 is 27.5 Å². The predicted molar refractivity (Wildman–Crippen MR) is 101 cm³/mol.